The van der Waals surface area contributed by atoms with E-state index in [0.29, 0.717) is 38.1 Å². The summed E-state index contributed by atoms with van der Waals surface area (Å²) in [6, 6.07) is 15.4. The van der Waals surface area contributed by atoms with Crippen LogP contribution >= 0.6 is 24.0 Å². The van der Waals surface area contributed by atoms with Crippen LogP contribution in [0.1, 0.15) is 26.7 Å². The molecular weight excluding hydrogens is 535 g/mol. The Labute approximate surface area is 212 Å². The number of halogens is 1. The molecule has 180 valence electrons. The van der Waals surface area contributed by atoms with Crippen molar-refractivity contribution >= 4 is 41.5 Å². The monoisotopic (exact) mass is 568 g/mol. The quantitative estimate of drug-likeness (QED) is 0.184. The van der Waals surface area contributed by atoms with Crippen molar-refractivity contribution < 1.29 is 19.0 Å². The minimum absolute atomic E-state index is 0. The number of nitrogens with one attached hydrogen (secondary N) is 2. The number of ether oxygens (including phenoxy) is 3. The SMILES string of the molecule is CC(C)(CN=C(NCCCOc1ccccc1)Nc1ccc2c(c1)OCCCO2)C(N)=O.I. The maximum absolute atomic E-state index is 11.7. The van der Waals surface area contributed by atoms with Crippen LogP contribution in [0.25, 0.3) is 0 Å². The number of fused-ring (bicyclic) bond motifs is 1. The molecule has 0 aromatic heterocycles. The number of aliphatic imine (C=N–C) groups is 1. The first-order valence-electron chi connectivity index (χ1n) is 10.9. The van der Waals surface area contributed by atoms with E-state index in [1.807, 2.05) is 48.5 Å². The highest BCUT2D eigenvalue weighted by molar-refractivity contribution is 14.0. The zero-order chi connectivity index (χ0) is 22.8. The Balaban J connectivity index is 0.00000385. The highest BCUT2D eigenvalue weighted by atomic mass is 127. The maximum atomic E-state index is 11.7. The fourth-order valence-corrected chi connectivity index (χ4v) is 2.86. The van der Waals surface area contributed by atoms with Gasteiger partial charge in [-0.25, -0.2) is 0 Å². The van der Waals surface area contributed by atoms with E-state index in [9.17, 15) is 4.79 Å². The molecule has 0 atom stereocenters. The molecule has 0 saturated heterocycles. The number of hydrogen-bond donors (Lipinski definition) is 3. The van der Waals surface area contributed by atoms with Gasteiger partial charge in [0.1, 0.15) is 5.75 Å². The number of nitrogens with two attached hydrogens (primary N) is 1. The van der Waals surface area contributed by atoms with Gasteiger partial charge in [0.15, 0.2) is 17.5 Å². The molecule has 0 fully saturated rings. The molecular formula is C24H33IN4O4. The number of amides is 1. The number of para-hydroxylation sites is 1. The fraction of sp³-hybridized carbons (Fsp3) is 0.417. The molecule has 9 heteroatoms. The molecule has 2 aromatic rings. The highest BCUT2D eigenvalue weighted by Gasteiger charge is 2.24. The highest BCUT2D eigenvalue weighted by Crippen LogP contribution is 2.32. The summed E-state index contributed by atoms with van der Waals surface area (Å²) in [5.74, 6) is 2.42. The summed E-state index contributed by atoms with van der Waals surface area (Å²) in [5, 5.41) is 6.57. The lowest BCUT2D eigenvalue weighted by molar-refractivity contribution is -0.125. The van der Waals surface area contributed by atoms with Crippen LogP contribution in [0, 0.1) is 5.41 Å². The molecule has 8 nitrogen and oxygen atoms in total. The van der Waals surface area contributed by atoms with E-state index in [4.69, 9.17) is 19.9 Å². The minimum Gasteiger partial charge on any atom is -0.494 e. The molecule has 0 unspecified atom stereocenters. The van der Waals surface area contributed by atoms with Crippen molar-refractivity contribution in [3.8, 4) is 17.2 Å². The number of rotatable bonds is 9. The summed E-state index contributed by atoms with van der Waals surface area (Å²) in [6.07, 6.45) is 1.62. The molecule has 1 amide bonds. The second-order valence-corrected chi connectivity index (χ2v) is 8.19. The van der Waals surface area contributed by atoms with Crippen LogP contribution in [-0.2, 0) is 4.79 Å². The summed E-state index contributed by atoms with van der Waals surface area (Å²) in [6.45, 7) is 6.27. The Morgan fingerprint density at radius 3 is 2.58 bits per heavy atom. The summed E-state index contributed by atoms with van der Waals surface area (Å²) >= 11 is 0. The summed E-state index contributed by atoms with van der Waals surface area (Å²) in [4.78, 5) is 16.3. The number of guanidine groups is 1. The van der Waals surface area contributed by atoms with Crippen molar-refractivity contribution in [2.24, 2.45) is 16.1 Å². The number of benzene rings is 2. The van der Waals surface area contributed by atoms with Gasteiger partial charge in [0.05, 0.1) is 31.8 Å². The Bertz CT molecular complexity index is 922. The van der Waals surface area contributed by atoms with Crippen LogP contribution in [-0.4, -0.2) is 44.8 Å². The van der Waals surface area contributed by atoms with Crippen molar-refractivity contribution in [1.82, 2.24) is 5.32 Å². The topological polar surface area (TPSA) is 107 Å². The summed E-state index contributed by atoms with van der Waals surface area (Å²) in [7, 11) is 0. The van der Waals surface area contributed by atoms with E-state index in [2.05, 4.69) is 15.6 Å². The third-order valence-corrected chi connectivity index (χ3v) is 4.94. The van der Waals surface area contributed by atoms with Crippen LogP contribution in [0.3, 0.4) is 0 Å². The van der Waals surface area contributed by atoms with Gasteiger partial charge in [0.25, 0.3) is 0 Å². The number of carbonyl (C=O) groups excluding carboxylic acids is 1. The first-order chi connectivity index (χ1) is 15.4. The van der Waals surface area contributed by atoms with Gasteiger partial charge in [-0.15, -0.1) is 24.0 Å². The first kappa shape index (κ1) is 26.6. The third-order valence-electron chi connectivity index (χ3n) is 4.94. The molecule has 1 aliphatic heterocycles. The van der Waals surface area contributed by atoms with Crippen LogP contribution in [0.4, 0.5) is 5.69 Å². The van der Waals surface area contributed by atoms with Gasteiger partial charge in [0, 0.05) is 24.7 Å². The largest absolute Gasteiger partial charge is 0.494 e. The lowest BCUT2D eigenvalue weighted by Crippen LogP contribution is -2.37. The Hall–Kier alpha value is -2.69. The van der Waals surface area contributed by atoms with Crippen molar-refractivity contribution in [1.29, 1.82) is 0 Å². The van der Waals surface area contributed by atoms with Gasteiger partial charge in [0.2, 0.25) is 5.91 Å². The third kappa shape index (κ3) is 8.64. The molecule has 0 spiro atoms. The molecule has 2 aromatic carbocycles. The lowest BCUT2D eigenvalue weighted by atomic mass is 9.93. The maximum Gasteiger partial charge on any atom is 0.224 e. The smallest absolute Gasteiger partial charge is 0.224 e. The normalized spacial score (nSPS) is 13.3. The molecule has 0 aliphatic carbocycles. The van der Waals surface area contributed by atoms with Gasteiger partial charge in [-0.05, 0) is 44.5 Å². The molecule has 0 saturated carbocycles. The van der Waals surface area contributed by atoms with E-state index >= 15 is 0 Å². The van der Waals surface area contributed by atoms with E-state index in [0.717, 1.165) is 30.0 Å². The Morgan fingerprint density at radius 2 is 1.85 bits per heavy atom. The molecule has 1 aliphatic rings. The van der Waals surface area contributed by atoms with E-state index in [1.54, 1.807) is 13.8 Å². The Morgan fingerprint density at radius 1 is 1.12 bits per heavy atom. The van der Waals surface area contributed by atoms with Crippen LogP contribution < -0.4 is 30.6 Å². The van der Waals surface area contributed by atoms with Gasteiger partial charge in [-0.1, -0.05) is 18.2 Å². The van der Waals surface area contributed by atoms with Crippen molar-refractivity contribution in [2.75, 3.05) is 38.2 Å². The molecule has 0 bridgehead atoms. The van der Waals surface area contributed by atoms with Gasteiger partial charge in [-0.2, -0.15) is 0 Å². The van der Waals surface area contributed by atoms with Crippen molar-refractivity contribution in [3.63, 3.8) is 0 Å². The molecule has 0 radical (unpaired) electrons. The molecule has 1 heterocycles. The average molecular weight is 568 g/mol. The standard InChI is InChI=1S/C24H32N4O4.HI/c1-24(2,22(25)29)17-27-23(26-12-6-13-30-19-8-4-3-5-9-19)28-18-10-11-20-21(16-18)32-15-7-14-31-20;/h3-5,8-11,16H,6-7,12-15,17H2,1-2H3,(H2,25,29)(H2,26,27,28);1H. The van der Waals surface area contributed by atoms with E-state index < -0.39 is 11.3 Å². The molecule has 3 rings (SSSR count). The molecule has 33 heavy (non-hydrogen) atoms. The van der Waals surface area contributed by atoms with Crippen molar-refractivity contribution in [3.05, 3.63) is 48.5 Å². The predicted molar refractivity (Wildman–Crippen MR) is 141 cm³/mol. The zero-order valence-electron chi connectivity index (χ0n) is 19.1. The second kappa shape index (κ2) is 13.1. The number of anilines is 1. The van der Waals surface area contributed by atoms with Gasteiger partial charge >= 0.3 is 0 Å². The van der Waals surface area contributed by atoms with Crippen LogP contribution in [0.2, 0.25) is 0 Å². The van der Waals surface area contributed by atoms with Gasteiger partial charge < -0.3 is 30.6 Å². The number of hydrogen-bond acceptors (Lipinski definition) is 5. The van der Waals surface area contributed by atoms with E-state index in [1.165, 1.54) is 0 Å². The van der Waals surface area contributed by atoms with Crippen LogP contribution in [0.5, 0.6) is 17.2 Å². The average Bonchev–Trinajstić information content (AvgIpc) is 3.02. The predicted octanol–water partition coefficient (Wildman–Crippen LogP) is 3.80. The summed E-state index contributed by atoms with van der Waals surface area (Å²) in [5.41, 5.74) is 5.55. The van der Waals surface area contributed by atoms with E-state index in [-0.39, 0.29) is 30.5 Å². The second-order valence-electron chi connectivity index (χ2n) is 8.19. The zero-order valence-corrected chi connectivity index (χ0v) is 21.5. The minimum atomic E-state index is -0.754. The first-order valence-corrected chi connectivity index (χ1v) is 10.9. The van der Waals surface area contributed by atoms with Crippen LogP contribution in [0.15, 0.2) is 53.5 Å². The van der Waals surface area contributed by atoms with Crippen molar-refractivity contribution in [2.45, 2.75) is 26.7 Å². The summed E-state index contributed by atoms with van der Waals surface area (Å²) < 4.78 is 17.2. The lowest BCUT2D eigenvalue weighted by Gasteiger charge is -2.20. The van der Waals surface area contributed by atoms with Gasteiger partial charge in [-0.3, -0.25) is 9.79 Å². The number of carbonyl (C=O) groups is 1. The molecule has 4 N–H and O–H groups in total. The fourth-order valence-electron chi connectivity index (χ4n) is 2.86. The number of nitrogens with zero attached hydrogens (tertiary/aromatic N) is 1. The number of primary amides is 1. The Kier molecular flexibility index (Phi) is 10.6.